The summed E-state index contributed by atoms with van der Waals surface area (Å²) in [5.41, 5.74) is 1.05. The summed E-state index contributed by atoms with van der Waals surface area (Å²) in [6.45, 7) is 0. The topological polar surface area (TPSA) is 92.3 Å². The average Bonchev–Trinajstić information content (AvgIpc) is 2.77. The van der Waals surface area contributed by atoms with Gasteiger partial charge < -0.3 is 10.6 Å². The molecule has 1 atom stereocenters. The standard InChI is InChI=1S/C13H14N2O4S2/c16-12-6-20-11-2-1-8(5-10(11)15-12)13(17)14-9-3-4-21(18,19)7-9/h1-2,5,9H,3-4,6-7H2,(H,14,17)(H,15,16). The third kappa shape index (κ3) is 3.21. The summed E-state index contributed by atoms with van der Waals surface area (Å²) >= 11 is 1.43. The summed E-state index contributed by atoms with van der Waals surface area (Å²) in [6, 6.07) is 4.77. The van der Waals surface area contributed by atoms with E-state index in [1.807, 2.05) is 0 Å². The van der Waals surface area contributed by atoms with Gasteiger partial charge in [-0.15, -0.1) is 11.8 Å². The van der Waals surface area contributed by atoms with Gasteiger partial charge in [-0.3, -0.25) is 9.59 Å². The summed E-state index contributed by atoms with van der Waals surface area (Å²) in [6.07, 6.45) is 0.450. The van der Waals surface area contributed by atoms with Crippen LogP contribution in [-0.2, 0) is 14.6 Å². The van der Waals surface area contributed by atoms with Crippen molar-refractivity contribution in [1.82, 2.24) is 5.32 Å². The van der Waals surface area contributed by atoms with Gasteiger partial charge in [-0.05, 0) is 24.6 Å². The van der Waals surface area contributed by atoms with Crippen LogP contribution in [-0.4, -0.2) is 43.5 Å². The van der Waals surface area contributed by atoms with Crippen molar-refractivity contribution in [2.45, 2.75) is 17.4 Å². The van der Waals surface area contributed by atoms with Gasteiger partial charge in [-0.1, -0.05) is 0 Å². The first-order valence-corrected chi connectivity index (χ1v) is 9.32. The lowest BCUT2D eigenvalue weighted by Gasteiger charge is -2.17. The molecule has 2 aliphatic heterocycles. The molecule has 0 saturated carbocycles. The van der Waals surface area contributed by atoms with Crippen LogP contribution in [0, 0.1) is 0 Å². The molecule has 1 aromatic rings. The van der Waals surface area contributed by atoms with Crippen molar-refractivity contribution in [3.63, 3.8) is 0 Å². The van der Waals surface area contributed by atoms with E-state index in [0.717, 1.165) is 4.90 Å². The Balaban J connectivity index is 1.73. The van der Waals surface area contributed by atoms with Crippen molar-refractivity contribution >= 4 is 39.1 Å². The van der Waals surface area contributed by atoms with Gasteiger partial charge in [0.2, 0.25) is 5.91 Å². The number of sulfone groups is 1. The van der Waals surface area contributed by atoms with Crippen LogP contribution in [0.3, 0.4) is 0 Å². The van der Waals surface area contributed by atoms with Crippen molar-refractivity contribution in [3.05, 3.63) is 23.8 Å². The molecule has 0 radical (unpaired) electrons. The molecule has 0 spiro atoms. The lowest BCUT2D eigenvalue weighted by molar-refractivity contribution is -0.113. The van der Waals surface area contributed by atoms with Crippen LogP contribution in [0.5, 0.6) is 0 Å². The van der Waals surface area contributed by atoms with Crippen LogP contribution >= 0.6 is 11.8 Å². The number of amides is 2. The van der Waals surface area contributed by atoms with Crippen LogP contribution in [0.1, 0.15) is 16.8 Å². The van der Waals surface area contributed by atoms with E-state index < -0.39 is 9.84 Å². The number of hydrogen-bond donors (Lipinski definition) is 2. The molecule has 1 unspecified atom stereocenters. The fourth-order valence-electron chi connectivity index (χ4n) is 2.40. The zero-order valence-corrected chi connectivity index (χ0v) is 12.7. The number of benzene rings is 1. The fraction of sp³-hybridized carbons (Fsp3) is 0.385. The van der Waals surface area contributed by atoms with Gasteiger partial charge in [-0.25, -0.2) is 8.42 Å². The quantitative estimate of drug-likeness (QED) is 0.832. The van der Waals surface area contributed by atoms with Crippen molar-refractivity contribution in [2.24, 2.45) is 0 Å². The van der Waals surface area contributed by atoms with E-state index in [1.54, 1.807) is 18.2 Å². The number of carbonyl (C=O) groups is 2. The molecule has 0 aliphatic carbocycles. The second kappa shape index (κ2) is 5.34. The number of carbonyl (C=O) groups excluding carboxylic acids is 2. The minimum atomic E-state index is -3.02. The first-order chi connectivity index (χ1) is 9.93. The number of fused-ring (bicyclic) bond motifs is 1. The average molecular weight is 326 g/mol. The SMILES string of the molecule is O=C1CSc2ccc(C(=O)NC3CCS(=O)(=O)C3)cc2N1. The summed E-state index contributed by atoms with van der Waals surface area (Å²) in [7, 11) is -3.02. The van der Waals surface area contributed by atoms with Crippen LogP contribution in [0.25, 0.3) is 0 Å². The zero-order valence-electron chi connectivity index (χ0n) is 11.1. The molecule has 1 fully saturated rings. The van der Waals surface area contributed by atoms with Crippen molar-refractivity contribution in [3.8, 4) is 0 Å². The molecule has 1 aromatic carbocycles. The summed E-state index contributed by atoms with van der Waals surface area (Å²) in [5.74, 6) is 0.0838. The van der Waals surface area contributed by atoms with E-state index in [0.29, 0.717) is 23.4 Å². The number of anilines is 1. The molecular weight excluding hydrogens is 312 g/mol. The smallest absolute Gasteiger partial charge is 0.251 e. The van der Waals surface area contributed by atoms with Crippen LogP contribution in [0.2, 0.25) is 0 Å². The Hall–Kier alpha value is -1.54. The molecule has 2 N–H and O–H groups in total. The Morgan fingerprint density at radius 1 is 1.38 bits per heavy atom. The van der Waals surface area contributed by atoms with E-state index in [9.17, 15) is 18.0 Å². The van der Waals surface area contributed by atoms with Crippen LogP contribution in [0.4, 0.5) is 5.69 Å². The number of nitrogens with one attached hydrogen (secondary N) is 2. The Labute approximate surface area is 126 Å². The monoisotopic (exact) mass is 326 g/mol. The predicted octanol–water partition coefficient (Wildman–Crippen LogP) is 0.648. The number of hydrogen-bond acceptors (Lipinski definition) is 5. The van der Waals surface area contributed by atoms with E-state index in [4.69, 9.17) is 0 Å². The maximum Gasteiger partial charge on any atom is 0.251 e. The molecule has 8 heteroatoms. The Morgan fingerprint density at radius 3 is 2.90 bits per heavy atom. The summed E-state index contributed by atoms with van der Waals surface area (Å²) < 4.78 is 22.8. The minimum absolute atomic E-state index is 0.00370. The van der Waals surface area contributed by atoms with E-state index in [2.05, 4.69) is 10.6 Å². The Bertz CT molecular complexity index is 715. The fourth-order valence-corrected chi connectivity index (χ4v) is 4.86. The highest BCUT2D eigenvalue weighted by Crippen LogP contribution is 2.32. The molecular formula is C13H14N2O4S2. The molecule has 3 rings (SSSR count). The van der Waals surface area contributed by atoms with Gasteiger partial charge in [0.15, 0.2) is 9.84 Å². The largest absolute Gasteiger partial charge is 0.348 e. The Kier molecular flexibility index (Phi) is 3.66. The molecule has 1 saturated heterocycles. The second-order valence-electron chi connectivity index (χ2n) is 5.12. The number of thioether (sulfide) groups is 1. The molecule has 21 heavy (non-hydrogen) atoms. The molecule has 2 heterocycles. The maximum atomic E-state index is 12.2. The molecule has 0 bridgehead atoms. The van der Waals surface area contributed by atoms with E-state index >= 15 is 0 Å². The van der Waals surface area contributed by atoms with Gasteiger partial charge >= 0.3 is 0 Å². The highest BCUT2D eigenvalue weighted by atomic mass is 32.2. The summed E-state index contributed by atoms with van der Waals surface area (Å²) in [5, 5.41) is 5.46. The van der Waals surface area contributed by atoms with Crippen LogP contribution < -0.4 is 10.6 Å². The van der Waals surface area contributed by atoms with Crippen molar-refractivity contribution in [2.75, 3.05) is 22.6 Å². The molecule has 2 amide bonds. The van der Waals surface area contributed by atoms with Gasteiger partial charge in [0.05, 0.1) is 22.9 Å². The third-order valence-corrected chi connectivity index (χ3v) is 6.28. The van der Waals surface area contributed by atoms with Gasteiger partial charge in [-0.2, -0.15) is 0 Å². The molecule has 6 nitrogen and oxygen atoms in total. The molecule has 2 aliphatic rings. The second-order valence-corrected chi connectivity index (χ2v) is 8.37. The first kappa shape index (κ1) is 14.4. The van der Waals surface area contributed by atoms with Gasteiger partial charge in [0.1, 0.15) is 0 Å². The lowest BCUT2D eigenvalue weighted by atomic mass is 10.1. The first-order valence-electron chi connectivity index (χ1n) is 6.51. The van der Waals surface area contributed by atoms with E-state index in [-0.39, 0.29) is 29.4 Å². The van der Waals surface area contributed by atoms with Crippen molar-refractivity contribution in [1.29, 1.82) is 0 Å². The third-order valence-electron chi connectivity index (χ3n) is 3.44. The Morgan fingerprint density at radius 2 is 2.19 bits per heavy atom. The van der Waals surface area contributed by atoms with Crippen LogP contribution in [0.15, 0.2) is 23.1 Å². The maximum absolute atomic E-state index is 12.2. The molecule has 0 aromatic heterocycles. The lowest BCUT2D eigenvalue weighted by Crippen LogP contribution is -2.35. The number of rotatable bonds is 2. The predicted molar refractivity (Wildman–Crippen MR) is 80.3 cm³/mol. The van der Waals surface area contributed by atoms with Gasteiger partial charge in [0, 0.05) is 16.5 Å². The normalized spacial score (nSPS) is 23.2. The van der Waals surface area contributed by atoms with Crippen molar-refractivity contribution < 1.29 is 18.0 Å². The summed E-state index contributed by atoms with van der Waals surface area (Å²) in [4.78, 5) is 24.4. The molecule has 112 valence electrons. The highest BCUT2D eigenvalue weighted by molar-refractivity contribution is 8.00. The minimum Gasteiger partial charge on any atom is -0.348 e. The van der Waals surface area contributed by atoms with E-state index in [1.165, 1.54) is 11.8 Å². The highest BCUT2D eigenvalue weighted by Gasteiger charge is 2.29. The van der Waals surface area contributed by atoms with Gasteiger partial charge in [0.25, 0.3) is 5.91 Å². The zero-order chi connectivity index (χ0) is 15.0.